The Bertz CT molecular complexity index is 470. The van der Waals surface area contributed by atoms with E-state index >= 15 is 0 Å². The van der Waals surface area contributed by atoms with Gasteiger partial charge in [-0.25, -0.2) is 5.48 Å². The molecule has 1 aromatic rings. The first kappa shape index (κ1) is 15.5. The highest BCUT2D eigenvalue weighted by Gasteiger charge is 2.26. The molecule has 1 unspecified atom stereocenters. The van der Waals surface area contributed by atoms with Gasteiger partial charge in [0.25, 0.3) is 5.91 Å². The summed E-state index contributed by atoms with van der Waals surface area (Å²) in [7, 11) is 0. The van der Waals surface area contributed by atoms with Crippen molar-refractivity contribution in [3.63, 3.8) is 0 Å². The molecule has 0 saturated heterocycles. The fourth-order valence-electron chi connectivity index (χ4n) is 2.79. The molecule has 0 spiro atoms. The fraction of sp³-hybridized carbons (Fsp3) is 0.500. The molecule has 0 radical (unpaired) electrons. The lowest BCUT2D eigenvalue weighted by atomic mass is 9.88. The summed E-state index contributed by atoms with van der Waals surface area (Å²) in [5.74, 6) is -0.675. The molecule has 21 heavy (non-hydrogen) atoms. The first-order valence-electron chi connectivity index (χ1n) is 7.49. The van der Waals surface area contributed by atoms with Crippen LogP contribution >= 0.6 is 0 Å². The molecular formula is C16H22N2O3. The van der Waals surface area contributed by atoms with E-state index in [1.807, 2.05) is 30.3 Å². The van der Waals surface area contributed by atoms with Crippen molar-refractivity contribution in [1.29, 1.82) is 0 Å². The number of amides is 2. The second-order valence-electron chi connectivity index (χ2n) is 5.56. The Morgan fingerprint density at radius 2 is 1.81 bits per heavy atom. The van der Waals surface area contributed by atoms with E-state index in [4.69, 9.17) is 5.21 Å². The number of rotatable bonds is 5. The van der Waals surface area contributed by atoms with Crippen LogP contribution in [0.5, 0.6) is 0 Å². The minimum absolute atomic E-state index is 0.0106. The summed E-state index contributed by atoms with van der Waals surface area (Å²) in [6.07, 6.45) is 5.43. The highest BCUT2D eigenvalue weighted by Crippen LogP contribution is 2.23. The molecule has 1 atom stereocenters. The maximum Gasteiger partial charge on any atom is 0.266 e. The summed E-state index contributed by atoms with van der Waals surface area (Å²) >= 11 is 0. The minimum Gasteiger partial charge on any atom is -0.344 e. The number of carbonyl (C=O) groups excluding carboxylic acids is 2. The predicted molar refractivity (Wildman–Crippen MR) is 78.6 cm³/mol. The van der Waals surface area contributed by atoms with Crippen molar-refractivity contribution in [1.82, 2.24) is 10.8 Å². The van der Waals surface area contributed by atoms with Gasteiger partial charge >= 0.3 is 0 Å². The maximum absolute atomic E-state index is 12.2. The third-order valence-electron chi connectivity index (χ3n) is 4.00. The second kappa shape index (κ2) is 7.78. The number of hydrogen-bond donors (Lipinski definition) is 3. The van der Waals surface area contributed by atoms with Crippen LogP contribution in [0, 0.1) is 5.92 Å². The van der Waals surface area contributed by atoms with Crippen LogP contribution in [0.1, 0.15) is 37.7 Å². The Kier molecular flexibility index (Phi) is 5.75. The van der Waals surface area contributed by atoms with E-state index in [9.17, 15) is 9.59 Å². The van der Waals surface area contributed by atoms with E-state index < -0.39 is 11.9 Å². The topological polar surface area (TPSA) is 78.4 Å². The molecule has 0 aliphatic heterocycles. The Hall–Kier alpha value is -1.88. The summed E-state index contributed by atoms with van der Waals surface area (Å²) in [5, 5.41) is 11.6. The number of nitrogens with one attached hydrogen (secondary N) is 2. The van der Waals surface area contributed by atoms with Crippen LogP contribution in [0.2, 0.25) is 0 Å². The lowest BCUT2D eigenvalue weighted by Crippen LogP contribution is -2.49. The van der Waals surface area contributed by atoms with Crippen molar-refractivity contribution in [3.8, 4) is 0 Å². The number of benzene rings is 1. The molecule has 2 amide bonds. The highest BCUT2D eigenvalue weighted by molar-refractivity contribution is 5.88. The van der Waals surface area contributed by atoms with Gasteiger partial charge in [0.05, 0.1) is 0 Å². The number of hydrogen-bond acceptors (Lipinski definition) is 3. The van der Waals surface area contributed by atoms with Gasteiger partial charge in [-0.3, -0.25) is 14.8 Å². The quantitative estimate of drug-likeness (QED) is 0.571. The molecule has 5 heteroatoms. The smallest absolute Gasteiger partial charge is 0.266 e. The van der Waals surface area contributed by atoms with Gasteiger partial charge in [0.1, 0.15) is 6.04 Å². The standard InChI is InChI=1S/C16H22N2O3/c19-15(13-9-5-2-6-10-13)17-14(16(20)18-21)11-12-7-3-1-4-8-12/h1,3-4,7-8,13-14,21H,2,5-6,9-11H2,(H,17,19)(H,18,20). The molecular weight excluding hydrogens is 268 g/mol. The van der Waals surface area contributed by atoms with E-state index in [1.165, 1.54) is 6.42 Å². The molecule has 1 fully saturated rings. The normalized spacial score (nSPS) is 17.0. The predicted octanol–water partition coefficient (Wildman–Crippen LogP) is 1.80. The van der Waals surface area contributed by atoms with E-state index in [-0.39, 0.29) is 11.8 Å². The van der Waals surface area contributed by atoms with Crippen LogP contribution in [0.15, 0.2) is 30.3 Å². The van der Waals surface area contributed by atoms with Gasteiger partial charge in [-0.15, -0.1) is 0 Å². The van der Waals surface area contributed by atoms with Crippen LogP contribution in [0.25, 0.3) is 0 Å². The van der Waals surface area contributed by atoms with Crippen LogP contribution < -0.4 is 10.8 Å². The fourth-order valence-corrected chi connectivity index (χ4v) is 2.79. The molecule has 3 N–H and O–H groups in total. The van der Waals surface area contributed by atoms with Crippen LogP contribution in [0.3, 0.4) is 0 Å². The van der Waals surface area contributed by atoms with Crippen molar-refractivity contribution in [2.24, 2.45) is 5.92 Å². The first-order valence-corrected chi connectivity index (χ1v) is 7.49. The van der Waals surface area contributed by atoms with Gasteiger partial charge in [-0.2, -0.15) is 0 Å². The molecule has 1 aliphatic carbocycles. The zero-order chi connectivity index (χ0) is 15.1. The van der Waals surface area contributed by atoms with Crippen LogP contribution in [0.4, 0.5) is 0 Å². The monoisotopic (exact) mass is 290 g/mol. The molecule has 2 rings (SSSR count). The number of hydroxylamine groups is 1. The zero-order valence-electron chi connectivity index (χ0n) is 12.0. The molecule has 1 saturated carbocycles. The number of carbonyl (C=O) groups is 2. The van der Waals surface area contributed by atoms with Gasteiger partial charge in [0.2, 0.25) is 5.91 Å². The van der Waals surface area contributed by atoms with Crippen LogP contribution in [-0.2, 0) is 16.0 Å². The molecule has 0 heterocycles. The van der Waals surface area contributed by atoms with Crippen molar-refractivity contribution in [2.75, 3.05) is 0 Å². The maximum atomic E-state index is 12.2. The SMILES string of the molecule is O=C(NC(Cc1ccccc1)C(=O)NO)C1CCCCC1. The summed E-state index contributed by atoms with van der Waals surface area (Å²) < 4.78 is 0. The Morgan fingerprint density at radius 1 is 1.14 bits per heavy atom. The van der Waals surface area contributed by atoms with Gasteiger partial charge in [-0.05, 0) is 18.4 Å². The van der Waals surface area contributed by atoms with Gasteiger partial charge in [-0.1, -0.05) is 49.6 Å². The van der Waals surface area contributed by atoms with Gasteiger partial charge in [0.15, 0.2) is 0 Å². The van der Waals surface area contributed by atoms with E-state index in [0.29, 0.717) is 6.42 Å². The zero-order valence-corrected chi connectivity index (χ0v) is 12.0. The summed E-state index contributed by atoms with van der Waals surface area (Å²) in [5.41, 5.74) is 2.58. The van der Waals surface area contributed by atoms with E-state index in [1.54, 1.807) is 5.48 Å². The van der Waals surface area contributed by atoms with Gasteiger partial charge < -0.3 is 5.32 Å². The lowest BCUT2D eigenvalue weighted by Gasteiger charge is -2.24. The van der Waals surface area contributed by atoms with E-state index in [0.717, 1.165) is 31.2 Å². The van der Waals surface area contributed by atoms with Crippen LogP contribution in [-0.4, -0.2) is 23.1 Å². The average molecular weight is 290 g/mol. The van der Waals surface area contributed by atoms with Gasteiger partial charge in [0, 0.05) is 12.3 Å². The third-order valence-corrected chi connectivity index (χ3v) is 4.00. The van der Waals surface area contributed by atoms with Crippen molar-refractivity contribution in [2.45, 2.75) is 44.6 Å². The summed E-state index contributed by atoms with van der Waals surface area (Å²) in [6, 6.07) is 8.70. The second-order valence-corrected chi connectivity index (χ2v) is 5.56. The Morgan fingerprint density at radius 3 is 2.43 bits per heavy atom. The molecule has 114 valence electrons. The summed E-state index contributed by atoms with van der Waals surface area (Å²) in [4.78, 5) is 24.0. The summed E-state index contributed by atoms with van der Waals surface area (Å²) in [6.45, 7) is 0. The highest BCUT2D eigenvalue weighted by atomic mass is 16.5. The van der Waals surface area contributed by atoms with Crippen molar-refractivity contribution >= 4 is 11.8 Å². The van der Waals surface area contributed by atoms with Crippen molar-refractivity contribution < 1.29 is 14.8 Å². The molecule has 1 aromatic carbocycles. The van der Waals surface area contributed by atoms with Crippen molar-refractivity contribution in [3.05, 3.63) is 35.9 Å². The molecule has 0 bridgehead atoms. The molecule has 5 nitrogen and oxygen atoms in total. The average Bonchev–Trinajstić information content (AvgIpc) is 2.55. The lowest BCUT2D eigenvalue weighted by molar-refractivity contribution is -0.136. The largest absolute Gasteiger partial charge is 0.344 e. The minimum atomic E-state index is -0.744. The Labute approximate surface area is 124 Å². The first-order chi connectivity index (χ1) is 10.2. The third kappa shape index (κ3) is 4.56. The Balaban J connectivity index is 1.99. The van der Waals surface area contributed by atoms with E-state index in [2.05, 4.69) is 5.32 Å². The molecule has 0 aromatic heterocycles. The molecule has 1 aliphatic rings.